The Kier molecular flexibility index (Phi) is 24.0. The molecule has 16 aromatic rings. The highest BCUT2D eigenvalue weighted by atomic mass is 32.2. The summed E-state index contributed by atoms with van der Waals surface area (Å²) in [5, 5.41) is 53.6. The number of hydrogen-bond donors (Lipinski definition) is 7. The standard InChI is InChI=1S/C32H33FN4O3.C31H31FN4O4.C30H27FN6O4S2/c1-20(38)34-15-5-6-29(39)21-7-9-22(10-8-21)30-26-17-27-23(18-35-36-27)16-28(26)37(25-13-11-24(33)12-14-25)31(30)32(2,3)19-40-4;1-30(2,16-39-3)28-27(19-4-6-20(7-5-19)29(37)33-15-31(38)17-40-18-31)24-13-25-21(14-34-35-25)12-26(24)36(28)23-10-8-22(32)9-11-23;1-30(2,16-41-3)26-25(17-5-7-18(8-6-17)27(38)33-28-35-36-29(42-28)43(4,39)40)22-14-23-19(15-32-34-23)13-24(22)37(26)21-11-9-20(31)10-12-21/h7-14,16-18H,5-6,15,19H2,1-4H3,(H,34,38)(H,35,36);4-14,38H,15-18H2,1-3H3,(H,33,37)(H,34,35);5-15H,16H2,1-4H3,(H,32,34)(H,33,35,38). The number of H-pyrrole nitrogens is 3. The molecule has 1 aliphatic rings. The molecule has 0 radical (unpaired) electrons. The van der Waals surface area contributed by atoms with Crippen LogP contribution in [0.5, 0.6) is 0 Å². The van der Waals surface area contributed by atoms with Crippen molar-refractivity contribution in [2.24, 2.45) is 0 Å². The fourth-order valence-corrected chi connectivity index (χ4v) is 17.8. The normalized spacial score (nSPS) is 13.0. The van der Waals surface area contributed by atoms with Crippen LogP contribution >= 0.6 is 11.3 Å². The third-order valence-corrected chi connectivity index (χ3v) is 24.4. The summed E-state index contributed by atoms with van der Waals surface area (Å²) in [6.07, 6.45) is 7.32. The molecular formula is C93H91F3N14O11S2. The zero-order valence-electron chi connectivity index (χ0n) is 69.5. The van der Waals surface area contributed by atoms with Gasteiger partial charge in [0.25, 0.3) is 11.8 Å². The topological polar surface area (TPSA) is 322 Å². The lowest BCUT2D eigenvalue weighted by molar-refractivity contribution is -0.173. The lowest BCUT2D eigenvalue weighted by Crippen LogP contribution is -2.56. The lowest BCUT2D eigenvalue weighted by atomic mass is 9.84. The number of benzene rings is 9. The summed E-state index contributed by atoms with van der Waals surface area (Å²) in [6.45, 7) is 16.5. The van der Waals surface area contributed by atoms with Crippen LogP contribution in [0.2, 0.25) is 0 Å². The first-order chi connectivity index (χ1) is 58.8. The molecule has 0 unspecified atom stereocenters. The van der Waals surface area contributed by atoms with Gasteiger partial charge in [0.15, 0.2) is 5.78 Å². The van der Waals surface area contributed by atoms with Crippen LogP contribution in [0.25, 0.3) is 116 Å². The van der Waals surface area contributed by atoms with E-state index in [9.17, 15) is 45.9 Å². The Hall–Kier alpha value is -12.8. The van der Waals surface area contributed by atoms with Crippen molar-refractivity contribution in [1.29, 1.82) is 0 Å². The highest BCUT2D eigenvalue weighted by molar-refractivity contribution is 7.92. The second kappa shape index (κ2) is 34.6. The third-order valence-electron chi connectivity index (χ3n) is 21.9. The van der Waals surface area contributed by atoms with Gasteiger partial charge in [0.1, 0.15) is 23.1 Å². The van der Waals surface area contributed by atoms with Gasteiger partial charge >= 0.3 is 0 Å². The Morgan fingerprint density at radius 1 is 0.512 bits per heavy atom. The van der Waals surface area contributed by atoms with Crippen molar-refractivity contribution in [1.82, 2.24) is 65.1 Å². The maximum atomic E-state index is 14.0. The minimum atomic E-state index is -3.53. The molecule has 9 aromatic carbocycles. The van der Waals surface area contributed by atoms with Gasteiger partial charge in [0, 0.05) is 164 Å². The Morgan fingerprint density at radius 2 is 0.870 bits per heavy atom. The van der Waals surface area contributed by atoms with Gasteiger partial charge in [-0.05, 0) is 157 Å². The number of carbonyl (C=O) groups is 4. The highest BCUT2D eigenvalue weighted by Crippen LogP contribution is 2.49. The van der Waals surface area contributed by atoms with Crippen molar-refractivity contribution < 1.29 is 64.8 Å². The minimum absolute atomic E-state index is 0.0322. The summed E-state index contributed by atoms with van der Waals surface area (Å²) in [4.78, 5) is 49.7. The van der Waals surface area contributed by atoms with E-state index in [4.69, 9.17) is 18.9 Å². The minimum Gasteiger partial charge on any atom is -0.384 e. The van der Waals surface area contributed by atoms with E-state index in [0.717, 1.165) is 151 Å². The zero-order valence-corrected chi connectivity index (χ0v) is 71.1. The lowest BCUT2D eigenvalue weighted by Gasteiger charge is -2.36. The number of ether oxygens (including phenoxy) is 4. The van der Waals surface area contributed by atoms with Gasteiger partial charge in [-0.2, -0.15) is 15.3 Å². The van der Waals surface area contributed by atoms with E-state index in [0.29, 0.717) is 55.9 Å². The summed E-state index contributed by atoms with van der Waals surface area (Å²) >= 11 is 0.788. The van der Waals surface area contributed by atoms with Crippen LogP contribution in [0.3, 0.4) is 0 Å². The summed E-state index contributed by atoms with van der Waals surface area (Å²) in [7, 11) is 1.50. The number of amides is 3. The summed E-state index contributed by atoms with van der Waals surface area (Å²) < 4.78 is 93.7. The van der Waals surface area contributed by atoms with Crippen molar-refractivity contribution in [2.75, 3.05) is 79.0 Å². The number of aromatic amines is 3. The number of halogens is 3. The van der Waals surface area contributed by atoms with Crippen LogP contribution in [-0.4, -0.2) is 171 Å². The summed E-state index contributed by atoms with van der Waals surface area (Å²) in [5.74, 6) is -1.71. The number of hydrogen-bond acceptors (Lipinski definition) is 17. The molecule has 30 heteroatoms. The molecule has 632 valence electrons. The second-order valence-corrected chi connectivity index (χ2v) is 35.9. The van der Waals surface area contributed by atoms with Gasteiger partial charge in [0.2, 0.25) is 25.2 Å². The third kappa shape index (κ3) is 17.6. The number of Topliss-reactive ketones (excluding diaryl/α,β-unsaturated/α-hetero) is 1. The van der Waals surface area contributed by atoms with Gasteiger partial charge in [-0.3, -0.25) is 39.8 Å². The van der Waals surface area contributed by atoms with E-state index in [1.165, 1.54) is 43.3 Å². The molecule has 3 amide bonds. The quantitative estimate of drug-likeness (QED) is 0.0150. The van der Waals surface area contributed by atoms with E-state index >= 15 is 0 Å². The van der Waals surface area contributed by atoms with Gasteiger partial charge in [-0.25, -0.2) is 21.6 Å². The first kappa shape index (κ1) is 85.2. The average molecular weight is 1700 g/mol. The number of carbonyl (C=O) groups excluding carboxylic acids is 4. The molecule has 123 heavy (non-hydrogen) atoms. The van der Waals surface area contributed by atoms with Crippen molar-refractivity contribution >= 4 is 115 Å². The Labute approximate surface area is 709 Å². The number of aliphatic hydroxyl groups is 1. The maximum absolute atomic E-state index is 14.0. The molecule has 0 aliphatic carbocycles. The number of ketones is 1. The van der Waals surface area contributed by atoms with Crippen molar-refractivity contribution in [3.8, 4) is 50.4 Å². The molecule has 0 spiro atoms. The monoisotopic (exact) mass is 1700 g/mol. The number of methoxy groups -OCH3 is 3. The molecular weight excluding hydrogens is 1610 g/mol. The fraction of sp³-hybridized carbons (Fsp3) is 0.258. The van der Waals surface area contributed by atoms with E-state index in [-0.39, 0.29) is 64.3 Å². The maximum Gasteiger partial charge on any atom is 0.257 e. The number of fused-ring (bicyclic) bond motifs is 6. The fourth-order valence-electron chi connectivity index (χ4n) is 16.3. The number of rotatable bonds is 26. The predicted octanol–water partition coefficient (Wildman–Crippen LogP) is 16.8. The average Bonchev–Trinajstić information content (AvgIpc) is 1.58. The zero-order chi connectivity index (χ0) is 87.0. The van der Waals surface area contributed by atoms with Gasteiger partial charge in [0.05, 0.1) is 91.3 Å². The van der Waals surface area contributed by atoms with Crippen LogP contribution in [0.4, 0.5) is 18.3 Å². The van der Waals surface area contributed by atoms with E-state index in [1.54, 1.807) is 101 Å². The molecule has 0 bridgehead atoms. The number of nitrogens with zero attached hydrogens (tertiary/aromatic N) is 8. The highest BCUT2D eigenvalue weighted by Gasteiger charge is 2.39. The first-order valence-corrected chi connectivity index (χ1v) is 42.4. The molecule has 0 atom stereocenters. The van der Waals surface area contributed by atoms with Crippen LogP contribution in [-0.2, 0) is 49.8 Å². The molecule has 1 saturated heterocycles. The molecule has 17 rings (SSSR count). The predicted molar refractivity (Wildman–Crippen MR) is 471 cm³/mol. The number of anilines is 1. The first-order valence-electron chi connectivity index (χ1n) is 39.7. The van der Waals surface area contributed by atoms with E-state index < -0.39 is 37.6 Å². The molecule has 25 nitrogen and oxygen atoms in total. The van der Waals surface area contributed by atoms with Crippen LogP contribution in [0.1, 0.15) is 109 Å². The molecule has 7 aromatic heterocycles. The van der Waals surface area contributed by atoms with Gasteiger partial charge in [-0.15, -0.1) is 10.2 Å². The van der Waals surface area contributed by atoms with Crippen LogP contribution < -0.4 is 16.0 Å². The van der Waals surface area contributed by atoms with Crippen molar-refractivity contribution in [3.63, 3.8) is 0 Å². The van der Waals surface area contributed by atoms with Crippen molar-refractivity contribution in [2.45, 2.75) is 87.5 Å². The van der Waals surface area contributed by atoms with Gasteiger partial charge < -0.3 is 48.4 Å². The number of sulfone groups is 1. The second-order valence-electron chi connectivity index (χ2n) is 32.8. The van der Waals surface area contributed by atoms with Gasteiger partial charge in [-0.1, -0.05) is 101 Å². The molecule has 1 aliphatic heterocycles. The summed E-state index contributed by atoms with van der Waals surface area (Å²) in [6, 6.07) is 54.1. The Morgan fingerprint density at radius 3 is 1.20 bits per heavy atom. The van der Waals surface area contributed by atoms with Crippen LogP contribution in [0.15, 0.2) is 205 Å². The molecule has 7 N–H and O–H groups in total. The largest absolute Gasteiger partial charge is 0.384 e. The molecule has 8 heterocycles. The van der Waals surface area contributed by atoms with E-state index in [2.05, 4.69) is 148 Å². The SMILES string of the molecule is COCC(C)(C)c1c(-c2ccc(C(=O)CCCNC(C)=O)cc2)c2cc3[nH]ncc3cc2n1-c1ccc(F)cc1.COCC(C)(C)c1c(-c2ccc(C(=O)NCC3(O)COC3)cc2)c2cc3[nH]ncc3cc2n1-c1ccc(F)cc1.COCC(C)(C)c1c(-c2ccc(C(=O)Nc3nnc(S(C)(=O)=O)s3)cc2)c2cc3[nH]ncc3cc2n1-c1ccc(F)cc1. The summed E-state index contributed by atoms with van der Waals surface area (Å²) in [5.41, 5.74) is 15.7. The Bertz CT molecular complexity index is 6770. The van der Waals surface area contributed by atoms with Crippen LogP contribution in [0, 0.1) is 17.5 Å². The molecule has 1 fully saturated rings. The van der Waals surface area contributed by atoms with E-state index in [1.807, 2.05) is 48.5 Å². The molecule has 0 saturated carbocycles. The van der Waals surface area contributed by atoms with Crippen molar-refractivity contribution in [3.05, 3.63) is 252 Å². The number of nitrogens with one attached hydrogen (secondary N) is 6. The number of aromatic nitrogens is 11. The Balaban J connectivity index is 0.000000143. The smallest absolute Gasteiger partial charge is 0.257 e.